The molecule has 0 saturated carbocycles. The maximum absolute atomic E-state index is 13.1. The van der Waals surface area contributed by atoms with Crippen molar-refractivity contribution >= 4 is 11.6 Å². The maximum atomic E-state index is 13.1. The molecule has 24 heavy (non-hydrogen) atoms. The van der Waals surface area contributed by atoms with Crippen LogP contribution in [0.25, 0.3) is 0 Å². The van der Waals surface area contributed by atoms with E-state index < -0.39 is 5.82 Å². The third-order valence-electron chi connectivity index (χ3n) is 2.95. The molecule has 0 bridgehead atoms. The van der Waals surface area contributed by atoms with Crippen molar-refractivity contribution in [2.45, 2.75) is 26.4 Å². The Bertz CT molecular complexity index is 681. The SMILES string of the molecule is CC(C)(C)OCCOc1ccc(C(=O)Nc2cccc(F)c2)cn1. The van der Waals surface area contributed by atoms with E-state index in [2.05, 4.69) is 10.3 Å². The number of pyridine rings is 1. The number of hydrogen-bond acceptors (Lipinski definition) is 4. The van der Waals surface area contributed by atoms with Crippen LogP contribution in [0.15, 0.2) is 42.6 Å². The largest absolute Gasteiger partial charge is 0.475 e. The third kappa shape index (κ3) is 5.96. The van der Waals surface area contributed by atoms with Gasteiger partial charge in [0.05, 0.1) is 17.8 Å². The van der Waals surface area contributed by atoms with Gasteiger partial charge in [0.2, 0.25) is 5.88 Å². The summed E-state index contributed by atoms with van der Waals surface area (Å²) in [4.78, 5) is 16.2. The van der Waals surface area contributed by atoms with Crippen molar-refractivity contribution in [2.24, 2.45) is 0 Å². The van der Waals surface area contributed by atoms with Crippen molar-refractivity contribution in [3.63, 3.8) is 0 Å². The Balaban J connectivity index is 1.86. The molecule has 0 atom stereocenters. The van der Waals surface area contributed by atoms with Crippen LogP contribution in [0, 0.1) is 5.82 Å². The number of rotatable bonds is 6. The first-order valence-electron chi connectivity index (χ1n) is 7.63. The molecule has 0 aliphatic rings. The van der Waals surface area contributed by atoms with Crippen LogP contribution in [-0.4, -0.2) is 29.7 Å². The van der Waals surface area contributed by atoms with E-state index in [1.54, 1.807) is 18.2 Å². The van der Waals surface area contributed by atoms with Gasteiger partial charge in [-0.25, -0.2) is 9.37 Å². The van der Waals surface area contributed by atoms with Crippen LogP contribution >= 0.6 is 0 Å². The lowest BCUT2D eigenvalue weighted by Gasteiger charge is -2.19. The van der Waals surface area contributed by atoms with Gasteiger partial charge in [0.15, 0.2) is 0 Å². The normalized spacial score (nSPS) is 11.2. The molecule has 0 unspecified atom stereocenters. The zero-order valence-electron chi connectivity index (χ0n) is 14.0. The molecular formula is C18H21FN2O3. The smallest absolute Gasteiger partial charge is 0.257 e. The molecular weight excluding hydrogens is 311 g/mol. The lowest BCUT2D eigenvalue weighted by atomic mass is 10.2. The fourth-order valence-electron chi connectivity index (χ4n) is 1.86. The van der Waals surface area contributed by atoms with E-state index in [4.69, 9.17) is 9.47 Å². The molecule has 1 aromatic heterocycles. The van der Waals surface area contributed by atoms with Crippen LogP contribution in [0.2, 0.25) is 0 Å². The second-order valence-electron chi connectivity index (χ2n) is 6.16. The number of benzene rings is 1. The summed E-state index contributed by atoms with van der Waals surface area (Å²) in [5.74, 6) is -0.363. The minimum absolute atomic E-state index is 0.213. The number of nitrogens with zero attached hydrogens (tertiary/aromatic N) is 1. The fourth-order valence-corrected chi connectivity index (χ4v) is 1.86. The van der Waals surface area contributed by atoms with Crippen LogP contribution < -0.4 is 10.1 Å². The highest BCUT2D eigenvalue weighted by atomic mass is 19.1. The Kier molecular flexibility index (Phi) is 5.87. The molecule has 2 aromatic rings. The summed E-state index contributed by atoms with van der Waals surface area (Å²) in [7, 11) is 0. The van der Waals surface area contributed by atoms with Crippen LogP contribution in [0.3, 0.4) is 0 Å². The summed E-state index contributed by atoms with van der Waals surface area (Å²) in [5, 5.41) is 2.61. The van der Waals surface area contributed by atoms with Crippen LogP contribution in [-0.2, 0) is 4.74 Å². The van der Waals surface area contributed by atoms with Gasteiger partial charge < -0.3 is 14.8 Å². The van der Waals surface area contributed by atoms with E-state index in [1.165, 1.54) is 24.4 Å². The zero-order chi connectivity index (χ0) is 17.6. The molecule has 0 radical (unpaired) electrons. The average Bonchev–Trinajstić information content (AvgIpc) is 2.51. The first-order valence-corrected chi connectivity index (χ1v) is 7.63. The average molecular weight is 332 g/mol. The van der Waals surface area contributed by atoms with Gasteiger partial charge in [0, 0.05) is 18.0 Å². The Morgan fingerprint density at radius 3 is 2.62 bits per heavy atom. The van der Waals surface area contributed by atoms with Crippen molar-refractivity contribution < 1.29 is 18.7 Å². The second-order valence-corrected chi connectivity index (χ2v) is 6.16. The molecule has 0 saturated heterocycles. The van der Waals surface area contributed by atoms with Crippen molar-refractivity contribution in [3.05, 3.63) is 54.0 Å². The van der Waals surface area contributed by atoms with E-state index in [1.807, 2.05) is 20.8 Å². The molecule has 2 rings (SSSR count). The molecule has 6 heteroatoms. The van der Waals surface area contributed by atoms with Crippen molar-refractivity contribution in [1.82, 2.24) is 4.98 Å². The number of nitrogens with one attached hydrogen (secondary N) is 1. The molecule has 0 aliphatic carbocycles. The van der Waals surface area contributed by atoms with E-state index in [0.29, 0.717) is 30.3 Å². The summed E-state index contributed by atoms with van der Waals surface area (Å²) in [5.41, 5.74) is 0.535. The molecule has 1 aromatic carbocycles. The lowest BCUT2D eigenvalue weighted by molar-refractivity contribution is -0.0168. The highest BCUT2D eigenvalue weighted by Gasteiger charge is 2.10. The van der Waals surface area contributed by atoms with E-state index in [9.17, 15) is 9.18 Å². The molecule has 0 fully saturated rings. The number of amides is 1. The van der Waals surface area contributed by atoms with Crippen molar-refractivity contribution in [2.75, 3.05) is 18.5 Å². The quantitative estimate of drug-likeness (QED) is 0.820. The molecule has 128 valence electrons. The maximum Gasteiger partial charge on any atom is 0.257 e. The van der Waals surface area contributed by atoms with Crippen LogP contribution in [0.5, 0.6) is 5.88 Å². The highest BCUT2D eigenvalue weighted by molar-refractivity contribution is 6.04. The molecule has 0 spiro atoms. The summed E-state index contributed by atoms with van der Waals surface area (Å²) in [6, 6.07) is 8.91. The minimum atomic E-state index is -0.410. The van der Waals surface area contributed by atoms with Gasteiger partial charge >= 0.3 is 0 Å². The highest BCUT2D eigenvalue weighted by Crippen LogP contribution is 2.13. The first-order chi connectivity index (χ1) is 11.3. The monoisotopic (exact) mass is 332 g/mol. The number of halogens is 1. The topological polar surface area (TPSA) is 60.5 Å². The number of ether oxygens (including phenoxy) is 2. The number of anilines is 1. The molecule has 0 aliphatic heterocycles. The summed E-state index contributed by atoms with van der Waals surface area (Å²) >= 11 is 0. The van der Waals surface area contributed by atoms with E-state index >= 15 is 0 Å². The molecule has 1 heterocycles. The predicted molar refractivity (Wildman–Crippen MR) is 89.8 cm³/mol. The summed E-state index contributed by atoms with van der Waals surface area (Å²) in [6.07, 6.45) is 1.41. The van der Waals surface area contributed by atoms with Gasteiger partial charge in [-0.15, -0.1) is 0 Å². The third-order valence-corrected chi connectivity index (χ3v) is 2.95. The number of aromatic nitrogens is 1. The van der Waals surface area contributed by atoms with Gasteiger partial charge in [-0.3, -0.25) is 4.79 Å². The summed E-state index contributed by atoms with van der Waals surface area (Å²) < 4.78 is 24.1. The van der Waals surface area contributed by atoms with Crippen LogP contribution in [0.4, 0.5) is 10.1 Å². The predicted octanol–water partition coefficient (Wildman–Crippen LogP) is 3.67. The molecule has 5 nitrogen and oxygen atoms in total. The fraction of sp³-hybridized carbons (Fsp3) is 0.333. The molecule has 1 N–H and O–H groups in total. The van der Waals surface area contributed by atoms with Gasteiger partial charge in [0.1, 0.15) is 12.4 Å². The van der Waals surface area contributed by atoms with E-state index in [-0.39, 0.29) is 11.5 Å². The lowest BCUT2D eigenvalue weighted by Crippen LogP contribution is -2.22. The van der Waals surface area contributed by atoms with Crippen molar-refractivity contribution in [3.8, 4) is 5.88 Å². The number of carbonyl (C=O) groups excluding carboxylic acids is 1. The second kappa shape index (κ2) is 7.88. The molecule has 1 amide bonds. The Labute approximate surface area is 140 Å². The standard InChI is InChI=1S/C18H21FN2O3/c1-18(2,3)24-10-9-23-16-8-7-13(12-20-16)17(22)21-15-6-4-5-14(19)11-15/h4-8,11-12H,9-10H2,1-3H3,(H,21,22). The Morgan fingerprint density at radius 2 is 2.00 bits per heavy atom. The number of carbonyl (C=O) groups is 1. The van der Waals surface area contributed by atoms with Crippen LogP contribution in [0.1, 0.15) is 31.1 Å². The first kappa shape index (κ1) is 17.9. The van der Waals surface area contributed by atoms with Gasteiger partial charge in [-0.05, 0) is 45.0 Å². The Hall–Kier alpha value is -2.47. The van der Waals surface area contributed by atoms with Gasteiger partial charge in [-0.1, -0.05) is 6.07 Å². The van der Waals surface area contributed by atoms with E-state index in [0.717, 1.165) is 0 Å². The Morgan fingerprint density at radius 1 is 1.21 bits per heavy atom. The van der Waals surface area contributed by atoms with Crippen molar-refractivity contribution in [1.29, 1.82) is 0 Å². The number of hydrogen-bond donors (Lipinski definition) is 1. The van der Waals surface area contributed by atoms with Gasteiger partial charge in [-0.2, -0.15) is 0 Å². The summed E-state index contributed by atoms with van der Waals surface area (Å²) in [6.45, 7) is 6.73. The minimum Gasteiger partial charge on any atom is -0.475 e. The van der Waals surface area contributed by atoms with Gasteiger partial charge in [0.25, 0.3) is 5.91 Å². The zero-order valence-corrected chi connectivity index (χ0v) is 14.0.